The minimum atomic E-state index is -0.513. The monoisotopic (exact) mass is 147 g/mol. The number of hydroxylamine groups is 1. The third kappa shape index (κ3) is 5.53. The van der Waals surface area contributed by atoms with E-state index in [-0.39, 0.29) is 6.61 Å². The molecular weight excluding hydrogens is 134 g/mol. The van der Waals surface area contributed by atoms with E-state index in [9.17, 15) is 4.79 Å². The number of ether oxygens (including phenoxy) is 1. The summed E-state index contributed by atoms with van der Waals surface area (Å²) in [6, 6.07) is 0. The molecule has 0 aromatic carbocycles. The Morgan fingerprint density at radius 3 is 2.70 bits per heavy atom. The van der Waals surface area contributed by atoms with Crippen LogP contribution >= 0.6 is 0 Å². The molecule has 0 heterocycles. The molecule has 0 fully saturated rings. The van der Waals surface area contributed by atoms with Crippen molar-refractivity contribution in [2.24, 2.45) is 5.92 Å². The van der Waals surface area contributed by atoms with Crippen LogP contribution in [-0.4, -0.2) is 24.3 Å². The van der Waals surface area contributed by atoms with Gasteiger partial charge in [0.1, 0.15) is 6.61 Å². The standard InChI is InChI=1S/C6H13NO3/c1-5(2)3-10-4-6(8)7-9/h5,9H,3-4H2,1-2H3,(H,7,8). The van der Waals surface area contributed by atoms with Gasteiger partial charge in [-0.25, -0.2) is 5.48 Å². The number of carbonyl (C=O) groups excluding carboxylic acids is 1. The van der Waals surface area contributed by atoms with Crippen molar-refractivity contribution in [2.45, 2.75) is 13.8 Å². The Morgan fingerprint density at radius 1 is 1.70 bits per heavy atom. The number of hydrogen-bond donors (Lipinski definition) is 2. The van der Waals surface area contributed by atoms with Crippen molar-refractivity contribution < 1.29 is 14.7 Å². The molecular formula is C6H13NO3. The van der Waals surface area contributed by atoms with Crippen LogP contribution < -0.4 is 5.48 Å². The van der Waals surface area contributed by atoms with E-state index in [1.165, 1.54) is 5.48 Å². The van der Waals surface area contributed by atoms with Crippen molar-refractivity contribution in [3.8, 4) is 0 Å². The first-order chi connectivity index (χ1) is 4.66. The lowest BCUT2D eigenvalue weighted by atomic mass is 10.2. The van der Waals surface area contributed by atoms with Crippen LogP contribution in [0, 0.1) is 5.92 Å². The van der Waals surface area contributed by atoms with Gasteiger partial charge >= 0.3 is 0 Å². The van der Waals surface area contributed by atoms with Crippen LogP contribution in [0.2, 0.25) is 0 Å². The SMILES string of the molecule is CC(C)COCC(=O)NO. The van der Waals surface area contributed by atoms with Crippen LogP contribution in [0.3, 0.4) is 0 Å². The highest BCUT2D eigenvalue weighted by molar-refractivity contribution is 5.75. The van der Waals surface area contributed by atoms with E-state index in [0.717, 1.165) is 0 Å². The van der Waals surface area contributed by atoms with E-state index in [4.69, 9.17) is 9.94 Å². The van der Waals surface area contributed by atoms with Crippen molar-refractivity contribution in [2.75, 3.05) is 13.2 Å². The van der Waals surface area contributed by atoms with Gasteiger partial charge in [-0.2, -0.15) is 0 Å². The Bertz CT molecular complexity index is 103. The van der Waals surface area contributed by atoms with Gasteiger partial charge in [0, 0.05) is 6.61 Å². The van der Waals surface area contributed by atoms with E-state index in [1.54, 1.807) is 0 Å². The summed E-state index contributed by atoms with van der Waals surface area (Å²) in [6.07, 6.45) is 0. The van der Waals surface area contributed by atoms with Gasteiger partial charge in [0.25, 0.3) is 5.91 Å². The second-order valence-corrected chi connectivity index (χ2v) is 2.44. The maximum absolute atomic E-state index is 10.3. The van der Waals surface area contributed by atoms with Gasteiger partial charge in [0.2, 0.25) is 0 Å². The summed E-state index contributed by atoms with van der Waals surface area (Å²) in [5, 5.41) is 8.02. The third-order valence-electron chi connectivity index (χ3n) is 0.809. The average Bonchev–Trinajstić information content (AvgIpc) is 1.87. The molecule has 0 atom stereocenters. The van der Waals surface area contributed by atoms with Gasteiger partial charge in [-0.3, -0.25) is 10.0 Å². The number of nitrogens with one attached hydrogen (secondary N) is 1. The fourth-order valence-electron chi connectivity index (χ4n) is 0.420. The second-order valence-electron chi connectivity index (χ2n) is 2.44. The number of rotatable bonds is 4. The van der Waals surface area contributed by atoms with Crippen molar-refractivity contribution in [3.05, 3.63) is 0 Å². The van der Waals surface area contributed by atoms with Gasteiger partial charge in [-0.15, -0.1) is 0 Å². The van der Waals surface area contributed by atoms with Crippen LogP contribution in [0.25, 0.3) is 0 Å². The summed E-state index contributed by atoms with van der Waals surface area (Å²) < 4.78 is 4.88. The highest BCUT2D eigenvalue weighted by Crippen LogP contribution is 1.90. The predicted molar refractivity (Wildman–Crippen MR) is 35.6 cm³/mol. The predicted octanol–water partition coefficient (Wildman–Crippen LogP) is 0.164. The highest BCUT2D eigenvalue weighted by Gasteiger charge is 1.98. The van der Waals surface area contributed by atoms with Gasteiger partial charge in [-0.1, -0.05) is 13.8 Å². The van der Waals surface area contributed by atoms with Crippen LogP contribution in [0.5, 0.6) is 0 Å². The summed E-state index contributed by atoms with van der Waals surface area (Å²) in [7, 11) is 0. The van der Waals surface area contributed by atoms with Crippen molar-refractivity contribution >= 4 is 5.91 Å². The average molecular weight is 147 g/mol. The number of amides is 1. The molecule has 60 valence electrons. The minimum absolute atomic E-state index is 0.0747. The lowest BCUT2D eigenvalue weighted by molar-refractivity contribution is -0.134. The van der Waals surface area contributed by atoms with Crippen molar-refractivity contribution in [3.63, 3.8) is 0 Å². The summed E-state index contributed by atoms with van der Waals surface area (Å²) in [6.45, 7) is 4.43. The molecule has 1 amide bonds. The first kappa shape index (κ1) is 9.39. The molecule has 0 aromatic heterocycles. The molecule has 0 unspecified atom stereocenters. The molecule has 0 saturated carbocycles. The molecule has 4 heteroatoms. The maximum Gasteiger partial charge on any atom is 0.269 e. The van der Waals surface area contributed by atoms with E-state index in [1.807, 2.05) is 13.8 Å². The Kier molecular flexibility index (Phi) is 4.88. The summed E-state index contributed by atoms with van der Waals surface area (Å²) in [4.78, 5) is 10.3. The van der Waals surface area contributed by atoms with Gasteiger partial charge in [0.05, 0.1) is 0 Å². The molecule has 0 rings (SSSR count). The molecule has 0 aliphatic heterocycles. The van der Waals surface area contributed by atoms with E-state index in [2.05, 4.69) is 0 Å². The topological polar surface area (TPSA) is 58.6 Å². The lowest BCUT2D eigenvalue weighted by Crippen LogP contribution is -2.24. The Labute approximate surface area is 60.1 Å². The Balaban J connectivity index is 3.12. The molecule has 0 aliphatic rings. The fourth-order valence-corrected chi connectivity index (χ4v) is 0.420. The zero-order chi connectivity index (χ0) is 7.98. The van der Waals surface area contributed by atoms with E-state index < -0.39 is 5.91 Å². The molecule has 0 saturated heterocycles. The first-order valence-corrected chi connectivity index (χ1v) is 3.17. The quantitative estimate of drug-likeness (QED) is 0.440. The molecule has 0 bridgehead atoms. The van der Waals surface area contributed by atoms with Crippen molar-refractivity contribution in [1.82, 2.24) is 5.48 Å². The van der Waals surface area contributed by atoms with E-state index in [0.29, 0.717) is 12.5 Å². The summed E-state index contributed by atoms with van der Waals surface area (Å²) in [5.41, 5.74) is 1.47. The van der Waals surface area contributed by atoms with E-state index >= 15 is 0 Å². The zero-order valence-corrected chi connectivity index (χ0v) is 6.26. The van der Waals surface area contributed by atoms with Crippen LogP contribution in [-0.2, 0) is 9.53 Å². The molecule has 0 spiro atoms. The molecule has 4 nitrogen and oxygen atoms in total. The molecule has 0 aromatic rings. The van der Waals surface area contributed by atoms with Gasteiger partial charge in [0.15, 0.2) is 0 Å². The van der Waals surface area contributed by atoms with Gasteiger partial charge in [-0.05, 0) is 5.92 Å². The summed E-state index contributed by atoms with van der Waals surface area (Å²) >= 11 is 0. The Morgan fingerprint density at radius 2 is 2.30 bits per heavy atom. The van der Waals surface area contributed by atoms with Gasteiger partial charge < -0.3 is 4.74 Å². The normalized spacial score (nSPS) is 10.0. The molecule has 0 aliphatic carbocycles. The fraction of sp³-hybridized carbons (Fsp3) is 0.833. The molecule has 2 N–H and O–H groups in total. The highest BCUT2D eigenvalue weighted by atomic mass is 16.5. The Hall–Kier alpha value is -0.610. The van der Waals surface area contributed by atoms with Crippen LogP contribution in [0.15, 0.2) is 0 Å². The smallest absolute Gasteiger partial charge is 0.269 e. The number of carbonyl (C=O) groups is 1. The van der Waals surface area contributed by atoms with Crippen molar-refractivity contribution in [1.29, 1.82) is 0 Å². The second kappa shape index (κ2) is 5.20. The maximum atomic E-state index is 10.3. The van der Waals surface area contributed by atoms with Crippen LogP contribution in [0.4, 0.5) is 0 Å². The zero-order valence-electron chi connectivity index (χ0n) is 6.26. The molecule has 0 radical (unpaired) electrons. The summed E-state index contributed by atoms with van der Waals surface area (Å²) in [5.74, 6) is -0.104. The molecule has 10 heavy (non-hydrogen) atoms. The lowest BCUT2D eigenvalue weighted by Gasteiger charge is -2.04. The number of hydrogen-bond acceptors (Lipinski definition) is 3. The van der Waals surface area contributed by atoms with Crippen LogP contribution in [0.1, 0.15) is 13.8 Å². The third-order valence-corrected chi connectivity index (χ3v) is 0.809. The first-order valence-electron chi connectivity index (χ1n) is 3.17. The largest absolute Gasteiger partial charge is 0.371 e. The minimum Gasteiger partial charge on any atom is -0.371 e.